The standard InChI is InChI=1S/C35H35N5O5/c1-43-31-15-8-7-14-29(31)23-37-34(42)35(22-27-12-5-6-13-28(27)24-38-40-36)32(25-10-3-2-4-11-25)45-33(39-35)26-16-18-30(19-17-26)44-21-9-20-41/h2-8,10-19,32,41H,9,20-24H2,1H3,(H,37,42)/t32-,35-/m1/s1. The lowest BCUT2D eigenvalue weighted by molar-refractivity contribution is -0.129. The van der Waals surface area contributed by atoms with Gasteiger partial charge in [0.05, 0.1) is 20.3 Å². The predicted octanol–water partition coefficient (Wildman–Crippen LogP) is 6.08. The minimum absolute atomic E-state index is 0.0524. The van der Waals surface area contributed by atoms with Crippen molar-refractivity contribution in [2.24, 2.45) is 10.1 Å². The second-order valence-corrected chi connectivity index (χ2v) is 10.5. The number of aliphatic imine (C=N–C) groups is 1. The number of nitrogens with zero attached hydrogens (tertiary/aromatic N) is 4. The van der Waals surface area contributed by atoms with Crippen LogP contribution in [0.15, 0.2) is 113 Å². The average molecular weight is 606 g/mol. The highest BCUT2D eigenvalue weighted by atomic mass is 16.5. The third-order valence-corrected chi connectivity index (χ3v) is 7.65. The Bertz CT molecular complexity index is 1670. The first-order chi connectivity index (χ1) is 22.1. The zero-order valence-corrected chi connectivity index (χ0v) is 25.0. The number of methoxy groups -OCH3 is 1. The largest absolute Gasteiger partial charge is 0.496 e. The second kappa shape index (κ2) is 14.9. The number of aliphatic hydroxyl groups is 1. The fourth-order valence-corrected chi connectivity index (χ4v) is 5.37. The molecule has 2 atom stereocenters. The van der Waals surface area contributed by atoms with Crippen molar-refractivity contribution in [3.63, 3.8) is 0 Å². The molecule has 0 unspecified atom stereocenters. The third-order valence-electron chi connectivity index (χ3n) is 7.65. The number of benzene rings is 4. The van der Waals surface area contributed by atoms with Gasteiger partial charge in [0.1, 0.15) is 11.5 Å². The van der Waals surface area contributed by atoms with Crippen molar-refractivity contribution in [3.8, 4) is 11.5 Å². The average Bonchev–Trinajstić information content (AvgIpc) is 3.48. The molecule has 45 heavy (non-hydrogen) atoms. The van der Waals surface area contributed by atoms with Gasteiger partial charge in [-0.2, -0.15) is 0 Å². The van der Waals surface area contributed by atoms with Crippen LogP contribution in [-0.2, 0) is 29.0 Å². The van der Waals surface area contributed by atoms with E-state index in [1.807, 2.05) is 103 Å². The van der Waals surface area contributed by atoms with Crippen LogP contribution in [0.5, 0.6) is 11.5 Å². The maximum Gasteiger partial charge on any atom is 0.252 e. The molecule has 4 aromatic rings. The molecule has 1 aliphatic heterocycles. The van der Waals surface area contributed by atoms with Gasteiger partial charge in [-0.05, 0) is 52.6 Å². The van der Waals surface area contributed by atoms with Crippen molar-refractivity contribution in [1.82, 2.24) is 5.32 Å². The van der Waals surface area contributed by atoms with E-state index in [1.54, 1.807) is 7.11 Å². The highest BCUT2D eigenvalue weighted by Gasteiger charge is 2.53. The van der Waals surface area contributed by atoms with Crippen molar-refractivity contribution in [2.45, 2.75) is 37.6 Å². The number of carbonyl (C=O) groups is 1. The SMILES string of the molecule is COc1ccccc1CNC(=O)[C@]1(Cc2ccccc2CN=[N+]=[N-])N=C(c2ccc(OCCCO)cc2)O[C@@H]1c1ccccc1. The molecular formula is C35H35N5O5. The Balaban J connectivity index is 1.58. The van der Waals surface area contributed by atoms with E-state index in [2.05, 4.69) is 15.3 Å². The number of rotatable bonds is 14. The lowest BCUT2D eigenvalue weighted by Crippen LogP contribution is -2.49. The molecule has 0 aliphatic carbocycles. The van der Waals surface area contributed by atoms with E-state index in [9.17, 15) is 4.79 Å². The monoisotopic (exact) mass is 605 g/mol. The summed E-state index contributed by atoms with van der Waals surface area (Å²) in [7, 11) is 1.60. The Hall–Kier alpha value is -5.31. The molecule has 10 nitrogen and oxygen atoms in total. The van der Waals surface area contributed by atoms with Gasteiger partial charge >= 0.3 is 0 Å². The summed E-state index contributed by atoms with van der Waals surface area (Å²) in [4.78, 5) is 22.6. The summed E-state index contributed by atoms with van der Waals surface area (Å²) in [6.45, 7) is 0.804. The van der Waals surface area contributed by atoms with Crippen LogP contribution in [0, 0.1) is 0 Å². The topological polar surface area (TPSA) is 138 Å². The molecule has 1 amide bonds. The maximum absolute atomic E-state index is 14.6. The summed E-state index contributed by atoms with van der Waals surface area (Å²) in [6.07, 6.45) is -0.0450. The van der Waals surface area contributed by atoms with E-state index in [1.165, 1.54) is 0 Å². The molecule has 0 bridgehead atoms. The van der Waals surface area contributed by atoms with Crippen LogP contribution < -0.4 is 14.8 Å². The van der Waals surface area contributed by atoms with Crippen molar-refractivity contribution >= 4 is 11.8 Å². The lowest BCUT2D eigenvalue weighted by atomic mass is 9.81. The molecule has 0 saturated heterocycles. The number of carbonyl (C=O) groups excluding carboxylic acids is 1. The molecule has 0 saturated carbocycles. The molecule has 0 spiro atoms. The molecule has 0 aromatic heterocycles. The summed E-state index contributed by atoms with van der Waals surface area (Å²) in [5.41, 5.74) is 11.5. The highest BCUT2D eigenvalue weighted by Crippen LogP contribution is 2.43. The van der Waals surface area contributed by atoms with E-state index in [-0.39, 0.29) is 32.0 Å². The molecule has 4 aromatic carbocycles. The maximum atomic E-state index is 14.6. The van der Waals surface area contributed by atoms with Crippen molar-refractivity contribution < 1.29 is 24.1 Å². The van der Waals surface area contributed by atoms with Crippen LogP contribution in [0.2, 0.25) is 0 Å². The fraction of sp³-hybridized carbons (Fsp3) is 0.257. The van der Waals surface area contributed by atoms with Gasteiger partial charge < -0.3 is 24.6 Å². The van der Waals surface area contributed by atoms with Crippen LogP contribution in [0.4, 0.5) is 0 Å². The summed E-state index contributed by atoms with van der Waals surface area (Å²) < 4.78 is 17.8. The van der Waals surface area contributed by atoms with Crippen LogP contribution in [0.3, 0.4) is 0 Å². The Morgan fingerprint density at radius 2 is 1.67 bits per heavy atom. The minimum atomic E-state index is -1.42. The van der Waals surface area contributed by atoms with Crippen LogP contribution >= 0.6 is 0 Å². The quantitative estimate of drug-likeness (QED) is 0.0776. The van der Waals surface area contributed by atoms with E-state index < -0.39 is 11.6 Å². The first kappa shape index (κ1) is 31.1. The van der Waals surface area contributed by atoms with Gasteiger partial charge in [0.15, 0.2) is 11.6 Å². The number of amides is 1. The van der Waals surface area contributed by atoms with Gasteiger partial charge in [0.2, 0.25) is 5.90 Å². The van der Waals surface area contributed by atoms with E-state index >= 15 is 0 Å². The molecule has 230 valence electrons. The van der Waals surface area contributed by atoms with Crippen LogP contribution in [-0.4, -0.2) is 42.8 Å². The lowest BCUT2D eigenvalue weighted by Gasteiger charge is -2.31. The van der Waals surface area contributed by atoms with Crippen molar-refractivity contribution in [3.05, 3.63) is 141 Å². The molecule has 10 heteroatoms. The zero-order valence-electron chi connectivity index (χ0n) is 25.0. The summed E-state index contributed by atoms with van der Waals surface area (Å²) in [5.74, 6) is 1.32. The molecule has 1 aliphatic rings. The zero-order chi connectivity index (χ0) is 31.5. The Labute approximate surface area is 261 Å². The van der Waals surface area contributed by atoms with Crippen LogP contribution in [0.25, 0.3) is 10.4 Å². The Kier molecular flexibility index (Phi) is 10.3. The molecule has 5 rings (SSSR count). The molecule has 0 fully saturated rings. The van der Waals surface area contributed by atoms with E-state index in [0.29, 0.717) is 36.0 Å². The second-order valence-electron chi connectivity index (χ2n) is 10.5. The first-order valence-corrected chi connectivity index (χ1v) is 14.7. The Morgan fingerprint density at radius 3 is 2.38 bits per heavy atom. The predicted molar refractivity (Wildman–Crippen MR) is 171 cm³/mol. The molecule has 1 heterocycles. The van der Waals surface area contributed by atoms with E-state index in [4.69, 9.17) is 29.8 Å². The van der Waals surface area contributed by atoms with Crippen molar-refractivity contribution in [1.29, 1.82) is 0 Å². The normalized spacial score (nSPS) is 17.0. The number of nitrogens with one attached hydrogen (secondary N) is 1. The number of azide groups is 1. The number of para-hydroxylation sites is 1. The Morgan fingerprint density at radius 1 is 0.978 bits per heavy atom. The molecule has 0 radical (unpaired) electrons. The van der Waals surface area contributed by atoms with Gasteiger partial charge in [-0.25, -0.2) is 4.99 Å². The number of aliphatic hydroxyl groups excluding tert-OH is 1. The molecule has 2 N–H and O–H groups in total. The first-order valence-electron chi connectivity index (χ1n) is 14.7. The third kappa shape index (κ3) is 7.26. The van der Waals surface area contributed by atoms with Gasteiger partial charge in [-0.3, -0.25) is 4.79 Å². The molecular weight excluding hydrogens is 570 g/mol. The summed E-state index contributed by atoms with van der Waals surface area (Å²) >= 11 is 0. The van der Waals surface area contributed by atoms with Gasteiger partial charge in [-0.1, -0.05) is 77.9 Å². The summed E-state index contributed by atoms with van der Waals surface area (Å²) in [6, 6.07) is 32.0. The van der Waals surface area contributed by atoms with Gasteiger partial charge in [0, 0.05) is 42.0 Å². The summed E-state index contributed by atoms with van der Waals surface area (Å²) in [5, 5.41) is 16.0. The highest BCUT2D eigenvalue weighted by molar-refractivity contribution is 6.01. The fourth-order valence-electron chi connectivity index (χ4n) is 5.37. The smallest absolute Gasteiger partial charge is 0.252 e. The number of hydrogen-bond donors (Lipinski definition) is 2. The number of ether oxygens (including phenoxy) is 3. The van der Waals surface area contributed by atoms with Gasteiger partial charge in [-0.15, -0.1) is 0 Å². The van der Waals surface area contributed by atoms with Gasteiger partial charge in [0.25, 0.3) is 5.91 Å². The van der Waals surface area contributed by atoms with Crippen LogP contribution in [0.1, 0.15) is 40.3 Å². The van der Waals surface area contributed by atoms with E-state index in [0.717, 1.165) is 22.3 Å². The minimum Gasteiger partial charge on any atom is -0.496 e. The number of hydrogen-bond acceptors (Lipinski definition) is 7. The van der Waals surface area contributed by atoms with Crippen molar-refractivity contribution in [2.75, 3.05) is 20.3 Å².